The molecule has 1 aromatic carbocycles. The predicted octanol–water partition coefficient (Wildman–Crippen LogP) is 0.516. The summed E-state index contributed by atoms with van der Waals surface area (Å²) in [5, 5.41) is 1.58. The molecule has 0 spiro atoms. The van der Waals surface area contributed by atoms with E-state index in [4.69, 9.17) is 5.84 Å². The highest BCUT2D eigenvalue weighted by molar-refractivity contribution is 5.42. The second-order valence-corrected chi connectivity index (χ2v) is 1.95. The van der Waals surface area contributed by atoms with Crippen molar-refractivity contribution >= 4 is 5.69 Å². The maximum Gasteiger partial charge on any atom is 0.0513 e. The first-order chi connectivity index (χ1) is 4.30. The fraction of sp³-hybridized carbons (Fsp3) is 0.143. The van der Waals surface area contributed by atoms with Crippen LogP contribution in [0.3, 0.4) is 0 Å². The van der Waals surface area contributed by atoms with E-state index in [2.05, 4.69) is 0 Å². The molecule has 1 rings (SSSR count). The van der Waals surface area contributed by atoms with Gasteiger partial charge in [0.2, 0.25) is 0 Å². The van der Waals surface area contributed by atoms with Crippen molar-refractivity contribution in [2.45, 2.75) is 0 Å². The number of hydrogen-bond donors (Lipinski definition) is 1. The van der Waals surface area contributed by atoms with Gasteiger partial charge in [0.05, 0.1) is 5.69 Å². The molecule has 0 saturated heterocycles. The van der Waals surface area contributed by atoms with Gasteiger partial charge in [-0.05, 0) is 12.1 Å². The lowest BCUT2D eigenvalue weighted by molar-refractivity contribution is 1.02. The van der Waals surface area contributed by atoms with Gasteiger partial charge in [-0.3, -0.25) is 0 Å². The Balaban J connectivity index is 0.000000810. The number of hydrazine groups is 1. The molecule has 3 heteroatoms. The van der Waals surface area contributed by atoms with Crippen LogP contribution in [0.15, 0.2) is 30.3 Å². The summed E-state index contributed by atoms with van der Waals surface area (Å²) in [4.78, 5) is 0. The zero-order valence-electron chi connectivity index (χ0n) is 5.86. The highest BCUT2D eigenvalue weighted by Crippen LogP contribution is 2.05. The normalized spacial score (nSPS) is 8.20. The zero-order chi connectivity index (χ0) is 6.69. The quantitative estimate of drug-likeness (QED) is 0.452. The number of anilines is 1. The van der Waals surface area contributed by atoms with Crippen LogP contribution in [0.1, 0.15) is 0 Å². The van der Waals surface area contributed by atoms with E-state index in [1.54, 1.807) is 5.01 Å². The van der Waals surface area contributed by atoms with Gasteiger partial charge in [0, 0.05) is 13.2 Å². The molecule has 0 heterocycles. The molecule has 0 atom stereocenters. The van der Waals surface area contributed by atoms with Crippen LogP contribution in [-0.4, -0.2) is 7.05 Å². The Bertz CT molecular complexity index is 171. The van der Waals surface area contributed by atoms with E-state index in [0.29, 0.717) is 0 Å². The van der Waals surface area contributed by atoms with Gasteiger partial charge >= 0.3 is 0 Å². The van der Waals surface area contributed by atoms with Crippen LogP contribution >= 0.6 is 0 Å². The fourth-order valence-corrected chi connectivity index (χ4v) is 0.663. The first-order valence-corrected chi connectivity index (χ1v) is 2.84. The molecular weight excluding hydrogens is 126 g/mol. The van der Waals surface area contributed by atoms with E-state index in [-0.39, 0.29) is 6.15 Å². The van der Waals surface area contributed by atoms with Crippen LogP contribution in [-0.2, 0) is 0 Å². The topological polar surface area (TPSA) is 59.8 Å². The molecule has 3 nitrogen and oxygen atoms in total. The lowest BCUT2D eigenvalue weighted by atomic mass is 10.3. The molecule has 0 unspecified atom stereocenters. The molecular formula is C7H10N3. The number of benzene rings is 1. The molecule has 1 aromatic rings. The maximum atomic E-state index is 5.45. The van der Waals surface area contributed by atoms with Crippen LogP contribution in [0.25, 0.3) is 0 Å². The molecule has 0 aliphatic carbocycles. The monoisotopic (exact) mass is 136 g/mol. The lowest BCUT2D eigenvalue weighted by Gasteiger charge is -2.09. The number of nitrogens with two attached hydrogens (primary N) is 1. The maximum absolute atomic E-state index is 5.45. The van der Waals surface area contributed by atoms with Crippen molar-refractivity contribution < 1.29 is 0 Å². The van der Waals surface area contributed by atoms with Crippen molar-refractivity contribution in [3.8, 4) is 0 Å². The fourth-order valence-electron chi connectivity index (χ4n) is 0.663. The molecule has 0 fully saturated rings. The SMILES string of the molecule is CN(N)c1ccccc1.[N]. The average molecular weight is 136 g/mol. The minimum Gasteiger partial charge on any atom is -0.314 e. The smallest absolute Gasteiger partial charge is 0.0513 e. The van der Waals surface area contributed by atoms with Crippen LogP contribution in [0, 0.1) is 0 Å². The van der Waals surface area contributed by atoms with E-state index >= 15 is 0 Å². The number of para-hydroxylation sites is 1. The summed E-state index contributed by atoms with van der Waals surface area (Å²) in [5.74, 6) is 5.45. The summed E-state index contributed by atoms with van der Waals surface area (Å²) in [6.07, 6.45) is 0. The summed E-state index contributed by atoms with van der Waals surface area (Å²) in [5.41, 5.74) is 1.03. The largest absolute Gasteiger partial charge is 0.314 e. The van der Waals surface area contributed by atoms with Crippen molar-refractivity contribution in [1.82, 2.24) is 6.15 Å². The molecule has 2 N–H and O–H groups in total. The molecule has 0 aliphatic heterocycles. The van der Waals surface area contributed by atoms with Crippen LogP contribution in [0.5, 0.6) is 0 Å². The van der Waals surface area contributed by atoms with Gasteiger partial charge in [-0.25, -0.2) is 5.84 Å². The molecule has 53 valence electrons. The molecule has 0 amide bonds. The minimum absolute atomic E-state index is 0. The Morgan fingerprint density at radius 3 is 2.00 bits per heavy atom. The lowest BCUT2D eigenvalue weighted by Crippen LogP contribution is -2.24. The highest BCUT2D eigenvalue weighted by Gasteiger charge is 1.88. The number of rotatable bonds is 1. The van der Waals surface area contributed by atoms with Crippen molar-refractivity contribution in [2.24, 2.45) is 5.84 Å². The Hall–Kier alpha value is -1.06. The molecule has 10 heavy (non-hydrogen) atoms. The Labute approximate surface area is 61.0 Å². The van der Waals surface area contributed by atoms with E-state index < -0.39 is 0 Å². The Morgan fingerprint density at radius 1 is 1.20 bits per heavy atom. The van der Waals surface area contributed by atoms with Crippen molar-refractivity contribution in [3.63, 3.8) is 0 Å². The summed E-state index contributed by atoms with van der Waals surface area (Å²) in [6, 6.07) is 9.80. The van der Waals surface area contributed by atoms with Crippen LogP contribution < -0.4 is 17.0 Å². The van der Waals surface area contributed by atoms with Crippen molar-refractivity contribution in [3.05, 3.63) is 30.3 Å². The van der Waals surface area contributed by atoms with Gasteiger partial charge in [-0.15, -0.1) is 0 Å². The first-order valence-electron chi connectivity index (χ1n) is 2.84. The zero-order valence-corrected chi connectivity index (χ0v) is 5.86. The number of hydrogen-bond acceptors (Lipinski definition) is 2. The van der Waals surface area contributed by atoms with Gasteiger partial charge in [0.25, 0.3) is 0 Å². The van der Waals surface area contributed by atoms with E-state index in [0.717, 1.165) is 5.69 Å². The standard InChI is InChI=1S/C7H10N2.N/c1-9(8)7-5-3-2-4-6-7;/h2-6H,8H2,1H3;. The predicted molar refractivity (Wildman–Crippen MR) is 41.2 cm³/mol. The summed E-state index contributed by atoms with van der Waals surface area (Å²) in [6.45, 7) is 0. The van der Waals surface area contributed by atoms with Gasteiger partial charge in [0.1, 0.15) is 0 Å². The third-order valence-corrected chi connectivity index (χ3v) is 1.16. The van der Waals surface area contributed by atoms with Gasteiger partial charge in [-0.1, -0.05) is 18.2 Å². The third kappa shape index (κ3) is 2.05. The number of nitrogens with zero attached hydrogens (tertiary/aromatic N) is 2. The first kappa shape index (κ1) is 8.94. The molecule has 0 bridgehead atoms. The molecule has 3 radical (unpaired) electrons. The minimum atomic E-state index is 0. The average Bonchev–Trinajstić information content (AvgIpc) is 1.90. The second kappa shape index (κ2) is 3.87. The summed E-state index contributed by atoms with van der Waals surface area (Å²) < 4.78 is 0. The second-order valence-electron chi connectivity index (χ2n) is 1.95. The van der Waals surface area contributed by atoms with Crippen molar-refractivity contribution in [1.29, 1.82) is 0 Å². The van der Waals surface area contributed by atoms with E-state index in [9.17, 15) is 0 Å². The van der Waals surface area contributed by atoms with E-state index in [1.165, 1.54) is 0 Å². The van der Waals surface area contributed by atoms with Crippen molar-refractivity contribution in [2.75, 3.05) is 12.1 Å². The molecule has 0 aromatic heterocycles. The highest BCUT2D eigenvalue weighted by atomic mass is 15.4. The summed E-state index contributed by atoms with van der Waals surface area (Å²) in [7, 11) is 1.81. The van der Waals surface area contributed by atoms with Gasteiger partial charge in [-0.2, -0.15) is 0 Å². The Kier molecular flexibility index (Phi) is 3.46. The van der Waals surface area contributed by atoms with Crippen LogP contribution in [0.2, 0.25) is 0 Å². The Morgan fingerprint density at radius 2 is 1.70 bits per heavy atom. The van der Waals surface area contributed by atoms with Crippen LogP contribution in [0.4, 0.5) is 5.69 Å². The van der Waals surface area contributed by atoms with Gasteiger partial charge in [0.15, 0.2) is 0 Å². The van der Waals surface area contributed by atoms with Gasteiger partial charge < -0.3 is 5.01 Å². The van der Waals surface area contributed by atoms with E-state index in [1.807, 2.05) is 37.4 Å². The molecule has 0 saturated carbocycles. The third-order valence-electron chi connectivity index (χ3n) is 1.16. The summed E-state index contributed by atoms with van der Waals surface area (Å²) >= 11 is 0. The molecule has 0 aliphatic rings.